The molecule has 17 rings (SSSR count). The molecule has 2 saturated carbocycles. The van der Waals surface area contributed by atoms with Crippen LogP contribution in [0.5, 0.6) is 28.7 Å². The van der Waals surface area contributed by atoms with E-state index in [1.54, 1.807) is 20.8 Å². The maximum Gasteiger partial charge on any atom is 0.422 e. The van der Waals surface area contributed by atoms with Crippen LogP contribution in [-0.4, -0.2) is 95.1 Å². The third kappa shape index (κ3) is 21.7. The van der Waals surface area contributed by atoms with Crippen LogP contribution < -0.4 is 23.7 Å². The average molecular weight is 1560 g/mol. The van der Waals surface area contributed by atoms with Crippen LogP contribution in [0.4, 0.5) is 13.2 Å². The van der Waals surface area contributed by atoms with E-state index in [1.165, 1.54) is 272 Å². The lowest BCUT2D eigenvalue weighted by Gasteiger charge is -2.24. The minimum atomic E-state index is -4.31. The molecule has 14 heteroatoms. The summed E-state index contributed by atoms with van der Waals surface area (Å²) >= 11 is 0. The van der Waals surface area contributed by atoms with E-state index in [0.717, 1.165) is 46.4 Å². The first-order chi connectivity index (χ1) is 53.0. The van der Waals surface area contributed by atoms with Crippen molar-refractivity contribution in [1.82, 2.24) is 0 Å². The molecule has 0 N–H and O–H groups in total. The Morgan fingerprint density at radius 2 is 0.574 bits per heavy atom. The summed E-state index contributed by atoms with van der Waals surface area (Å²) < 4.78 is 66.3. The summed E-state index contributed by atoms with van der Waals surface area (Å²) in [5, 5.41) is 12.3. The van der Waals surface area contributed by atoms with Crippen LogP contribution in [0.2, 0.25) is 0 Å². The van der Waals surface area contributed by atoms with Crippen LogP contribution in [-0.2, 0) is 59.3 Å². The molecule has 2 aliphatic carbocycles. The summed E-state index contributed by atoms with van der Waals surface area (Å²) in [5.74, 6) is 17.3. The molecule has 0 amide bonds. The number of ether oxygens (including phenoxy) is 5. The fourth-order valence-electron chi connectivity index (χ4n) is 16.5. The Kier molecular flexibility index (Phi) is 30.1. The second-order valence-electron chi connectivity index (χ2n) is 29.9. The molecular weight excluding hydrogens is 1440 g/mol. The van der Waals surface area contributed by atoms with Gasteiger partial charge in [-0.1, -0.05) is 111 Å². The Morgan fingerprint density at radius 3 is 0.870 bits per heavy atom. The summed E-state index contributed by atoms with van der Waals surface area (Å²) in [6.07, 6.45) is 30.9. The SMILES string of the molecule is CC(=O)Oc1ccc([S+]2CCCCC2)c2ccccc12.CCCCOc1ccc([S+]2CCCCC2)c2ccccc12.FC(F)(F)COc1ccc([S+]2CCCCC2)c2ccccc12.c1ccc2c([S+]3CCCCC3)ccc(OC3CCCC3)c2c1.c1ccc2c([S+]3CCCCC3)ccc(OC3CCCCC3)c2c1. The zero-order valence-electron chi connectivity index (χ0n) is 64.0. The number of hydrogen-bond acceptors (Lipinski definition) is 6. The van der Waals surface area contributed by atoms with E-state index in [0.29, 0.717) is 67.3 Å². The van der Waals surface area contributed by atoms with E-state index in [-0.39, 0.29) is 16.9 Å². The average Bonchev–Trinajstić information content (AvgIpc) is 0.951. The topological polar surface area (TPSA) is 63.2 Å². The molecule has 6 nitrogen and oxygen atoms in total. The van der Waals surface area contributed by atoms with Gasteiger partial charge in [0.25, 0.3) is 0 Å². The number of carbonyl (C=O) groups excluding carboxylic acids is 1. The molecular formula is C94H114F3O6S5+5. The van der Waals surface area contributed by atoms with Crippen molar-refractivity contribution >= 4 is 114 Å². The molecule has 5 heterocycles. The highest BCUT2D eigenvalue weighted by Crippen LogP contribution is 2.42. The van der Waals surface area contributed by atoms with Crippen molar-refractivity contribution in [2.45, 2.75) is 224 Å². The molecule has 108 heavy (non-hydrogen) atoms. The number of halogens is 3. The van der Waals surface area contributed by atoms with E-state index >= 15 is 0 Å². The number of benzene rings is 10. The van der Waals surface area contributed by atoms with Crippen molar-refractivity contribution in [3.63, 3.8) is 0 Å². The molecule has 0 bridgehead atoms. The lowest BCUT2D eigenvalue weighted by Crippen LogP contribution is -2.20. The molecule has 10 aromatic rings. The predicted octanol–water partition coefficient (Wildman–Crippen LogP) is 25.1. The summed E-state index contributed by atoms with van der Waals surface area (Å²) in [7, 11) is 1.91. The molecule has 0 atom stereocenters. The monoisotopic (exact) mass is 1560 g/mol. The van der Waals surface area contributed by atoms with Gasteiger partial charge < -0.3 is 23.7 Å². The molecule has 5 aliphatic heterocycles. The summed E-state index contributed by atoms with van der Waals surface area (Å²) in [5.41, 5.74) is 0. The molecule has 572 valence electrons. The molecule has 7 aliphatic rings. The van der Waals surface area contributed by atoms with Crippen molar-refractivity contribution in [3.05, 3.63) is 182 Å². The molecule has 0 spiro atoms. The second kappa shape index (κ2) is 40.8. The smallest absolute Gasteiger partial charge is 0.422 e. The van der Waals surface area contributed by atoms with Gasteiger partial charge in [-0.3, -0.25) is 4.79 Å². The lowest BCUT2D eigenvalue weighted by molar-refractivity contribution is -0.153. The quantitative estimate of drug-likeness (QED) is 0.0416. The van der Waals surface area contributed by atoms with Crippen LogP contribution in [0.25, 0.3) is 53.9 Å². The van der Waals surface area contributed by atoms with Gasteiger partial charge in [0.15, 0.2) is 31.1 Å². The molecule has 0 aromatic heterocycles. The maximum atomic E-state index is 12.4. The number of rotatable bonds is 16. The maximum absolute atomic E-state index is 12.4. The first kappa shape index (κ1) is 79.8. The molecule has 7 fully saturated rings. The number of alkyl halides is 3. The zero-order chi connectivity index (χ0) is 74.3. The van der Waals surface area contributed by atoms with E-state index < -0.39 is 12.8 Å². The third-order valence-electron chi connectivity index (χ3n) is 22.0. The number of hydrogen-bond donors (Lipinski definition) is 0. The van der Waals surface area contributed by atoms with Crippen LogP contribution in [0.3, 0.4) is 0 Å². The largest absolute Gasteiger partial charge is 0.493 e. The summed E-state index contributed by atoms with van der Waals surface area (Å²) in [4.78, 5) is 18.7. The van der Waals surface area contributed by atoms with Gasteiger partial charge in [0, 0.05) is 115 Å². The van der Waals surface area contributed by atoms with E-state index in [9.17, 15) is 18.0 Å². The van der Waals surface area contributed by atoms with E-state index in [2.05, 4.69) is 134 Å². The highest BCUT2D eigenvalue weighted by Gasteiger charge is 2.35. The van der Waals surface area contributed by atoms with E-state index in [4.69, 9.17) is 23.7 Å². The van der Waals surface area contributed by atoms with Gasteiger partial charge in [-0.15, -0.1) is 0 Å². The highest BCUT2D eigenvalue weighted by atomic mass is 32.2. The third-order valence-corrected chi connectivity index (χ3v) is 34.7. The fraction of sp³-hybridized carbons (Fsp3) is 0.457. The number of carbonyl (C=O) groups is 1. The predicted molar refractivity (Wildman–Crippen MR) is 459 cm³/mol. The Labute approximate surface area is 656 Å². The van der Waals surface area contributed by atoms with Crippen molar-refractivity contribution in [2.24, 2.45) is 0 Å². The van der Waals surface area contributed by atoms with Crippen LogP contribution in [0.1, 0.15) is 181 Å². The first-order valence-electron chi connectivity index (χ1n) is 40.8. The van der Waals surface area contributed by atoms with Gasteiger partial charge in [-0.05, 0) is 245 Å². The van der Waals surface area contributed by atoms with Crippen LogP contribution in [0, 0.1) is 0 Å². The normalized spacial score (nSPS) is 18.2. The number of unbranched alkanes of at least 4 members (excludes halogenated alkanes) is 1. The van der Waals surface area contributed by atoms with Crippen LogP contribution >= 0.6 is 0 Å². The van der Waals surface area contributed by atoms with Gasteiger partial charge >= 0.3 is 12.1 Å². The van der Waals surface area contributed by atoms with Crippen molar-refractivity contribution < 1.29 is 41.7 Å². The Balaban J connectivity index is 0.000000119. The van der Waals surface area contributed by atoms with Crippen molar-refractivity contribution in [1.29, 1.82) is 0 Å². The molecule has 0 unspecified atom stereocenters. The number of fused-ring (bicyclic) bond motifs is 5. The van der Waals surface area contributed by atoms with Gasteiger partial charge in [0.1, 0.15) is 86.3 Å². The Morgan fingerprint density at radius 1 is 0.324 bits per heavy atom. The fourth-order valence-corrected chi connectivity index (χ4v) is 29.0. The van der Waals surface area contributed by atoms with Gasteiger partial charge in [0.2, 0.25) is 0 Å². The molecule has 0 radical (unpaired) electrons. The Bertz CT molecular complexity index is 4480. The van der Waals surface area contributed by atoms with Crippen molar-refractivity contribution in [2.75, 3.05) is 70.7 Å². The van der Waals surface area contributed by atoms with Gasteiger partial charge in [-0.25, -0.2) is 0 Å². The minimum Gasteiger partial charge on any atom is -0.493 e. The lowest BCUT2D eigenvalue weighted by atomic mass is 9.97. The molecule has 5 saturated heterocycles. The molecule has 10 aromatic carbocycles. The highest BCUT2D eigenvalue weighted by molar-refractivity contribution is 7.98. The zero-order valence-corrected chi connectivity index (χ0v) is 68.1. The Hall–Kier alpha value is -6.29. The minimum absolute atomic E-state index is 0.210. The van der Waals surface area contributed by atoms with Crippen LogP contribution in [0.15, 0.2) is 206 Å². The summed E-state index contributed by atoms with van der Waals surface area (Å²) in [6, 6.07) is 64.0. The van der Waals surface area contributed by atoms with Gasteiger partial charge in [0.05, 0.1) is 18.8 Å². The van der Waals surface area contributed by atoms with E-state index in [1.807, 2.05) is 48.5 Å². The first-order valence-corrected chi connectivity index (χ1v) is 48.7. The van der Waals surface area contributed by atoms with Gasteiger partial charge in [-0.2, -0.15) is 13.2 Å². The standard InChI is InChI=1S/C21H27OS.C20H25OS.C19H25OS.C17H18F3OS.C17H19O2S/c1-3-9-17(10-4-1)22-20-13-14-21(23-15-7-2-8-16-23)19-12-6-5-11-18(19)20;1-6-14-22(15-7-1)20-13-12-19(21-16-8-2-3-9-16)17-10-4-5-11-18(17)20;1-2-3-13-20-18-11-12-19(21-14-7-4-8-15-21)17-10-6-5-9-16(17)18;18-17(19,20)12-21-15-8-9-16(22-10-4-1-5-11-22)14-7-3-2-6-13(14)15;1-13(18)19-16-9-10-17(20-11-5-2-6-12-20)15-8-4-3-7-14(15)16/h5-6,11-14,17H,1-4,7-10,15-16H2;4-5,10-13,16H,1-3,6-9,14-15H2;5-6,9-12H,2-4,7-8,13-15H2,1H3;2-3,6-9H,1,4-5,10-12H2;3-4,7-10H,2,5-6,11-12H2,1H3/q5*+1. The second-order valence-corrected chi connectivity index (χ2v) is 41.2. The van der Waals surface area contributed by atoms with Crippen molar-refractivity contribution in [3.8, 4) is 28.7 Å². The summed E-state index contributed by atoms with van der Waals surface area (Å²) in [6.45, 7) is 3.23. The number of esters is 1.